The quantitative estimate of drug-likeness (QED) is 0.406. The van der Waals surface area contributed by atoms with Crippen molar-refractivity contribution in [2.75, 3.05) is 18.4 Å². The zero-order valence-electron chi connectivity index (χ0n) is 19.4. The topological polar surface area (TPSA) is 137 Å². The lowest BCUT2D eigenvalue weighted by molar-refractivity contribution is -0.384. The first-order valence-corrected chi connectivity index (χ1v) is 12.4. The second-order valence-corrected chi connectivity index (χ2v) is 10.4. The first-order valence-electron chi connectivity index (χ1n) is 10.9. The van der Waals surface area contributed by atoms with E-state index < -0.39 is 20.9 Å². The van der Waals surface area contributed by atoms with E-state index >= 15 is 0 Å². The van der Waals surface area contributed by atoms with Crippen LogP contribution in [0.4, 0.5) is 11.5 Å². The lowest BCUT2D eigenvalue weighted by atomic mass is 10.2. The van der Waals surface area contributed by atoms with Crippen molar-refractivity contribution in [2.24, 2.45) is 0 Å². The molecule has 0 radical (unpaired) electrons. The largest absolute Gasteiger partial charge is 0.373 e. The Morgan fingerprint density at radius 3 is 2.40 bits per heavy atom. The minimum absolute atomic E-state index is 0.0199. The minimum atomic E-state index is -3.81. The maximum Gasteiger partial charge on any atom is 0.269 e. The van der Waals surface area contributed by atoms with Crippen LogP contribution in [0.5, 0.6) is 0 Å². The normalized spacial score (nSPS) is 18.8. The molecule has 0 saturated carbocycles. The Morgan fingerprint density at radius 2 is 1.77 bits per heavy atom. The second kappa shape index (κ2) is 9.56. The standard InChI is InChI=1S/C23H25N5O6S/c1-15-11-22(27(25-15)19-7-9-20(10-8-19)28(30)31)24-23(29)18-5-4-6-21(12-18)35(32,33)26-13-16(2)34-17(3)14-26/h4-12,16-17H,13-14H2,1-3H3,(H,24,29). The van der Waals surface area contributed by atoms with Gasteiger partial charge in [0.1, 0.15) is 5.82 Å². The maximum atomic E-state index is 13.2. The molecule has 184 valence electrons. The van der Waals surface area contributed by atoms with Crippen molar-refractivity contribution in [2.45, 2.75) is 37.9 Å². The number of nitrogens with one attached hydrogen (secondary N) is 1. The fraction of sp³-hybridized carbons (Fsp3) is 0.304. The predicted octanol–water partition coefficient (Wildman–Crippen LogP) is 3.14. The third kappa shape index (κ3) is 5.24. The van der Waals surface area contributed by atoms with E-state index in [-0.39, 0.29) is 41.4 Å². The summed E-state index contributed by atoms with van der Waals surface area (Å²) in [7, 11) is -3.81. The van der Waals surface area contributed by atoms with Gasteiger partial charge < -0.3 is 10.1 Å². The SMILES string of the molecule is Cc1cc(NC(=O)c2cccc(S(=O)(=O)N3CC(C)OC(C)C3)c2)n(-c2ccc([N+](=O)[O-])cc2)n1. The fourth-order valence-corrected chi connectivity index (χ4v) is 5.60. The zero-order valence-corrected chi connectivity index (χ0v) is 20.2. The average molecular weight is 500 g/mol. The van der Waals surface area contributed by atoms with Gasteiger partial charge in [-0.15, -0.1) is 0 Å². The summed E-state index contributed by atoms with van der Waals surface area (Å²) in [6.45, 7) is 5.85. The molecule has 4 rings (SSSR count). The Morgan fingerprint density at radius 1 is 1.11 bits per heavy atom. The van der Waals surface area contributed by atoms with Gasteiger partial charge in [-0.05, 0) is 51.1 Å². The Kier molecular flexibility index (Phi) is 6.70. The molecule has 1 aromatic heterocycles. The molecular weight excluding hydrogens is 474 g/mol. The number of carbonyl (C=O) groups excluding carboxylic acids is 1. The molecule has 2 aromatic carbocycles. The summed E-state index contributed by atoms with van der Waals surface area (Å²) in [5.41, 5.74) is 1.23. The van der Waals surface area contributed by atoms with Crippen LogP contribution in [0.25, 0.3) is 5.69 Å². The molecule has 2 heterocycles. The Balaban J connectivity index is 1.58. The zero-order chi connectivity index (χ0) is 25.3. The number of nitro benzene ring substituents is 1. The highest BCUT2D eigenvalue weighted by molar-refractivity contribution is 7.89. The van der Waals surface area contributed by atoms with Crippen LogP contribution in [0.2, 0.25) is 0 Å². The highest BCUT2D eigenvalue weighted by Gasteiger charge is 2.32. The van der Waals surface area contributed by atoms with Gasteiger partial charge in [0.25, 0.3) is 11.6 Å². The van der Waals surface area contributed by atoms with Crippen molar-refractivity contribution < 1.29 is 22.9 Å². The number of sulfonamides is 1. The minimum Gasteiger partial charge on any atom is -0.373 e. The van der Waals surface area contributed by atoms with Crippen molar-refractivity contribution in [1.82, 2.24) is 14.1 Å². The summed E-state index contributed by atoms with van der Waals surface area (Å²) in [6, 6.07) is 13.2. The molecule has 1 aliphatic heterocycles. The van der Waals surface area contributed by atoms with Crippen LogP contribution >= 0.6 is 0 Å². The van der Waals surface area contributed by atoms with Crippen molar-refractivity contribution in [1.29, 1.82) is 0 Å². The van der Waals surface area contributed by atoms with Gasteiger partial charge in [0.2, 0.25) is 10.0 Å². The van der Waals surface area contributed by atoms with Crippen molar-refractivity contribution in [3.05, 3.63) is 76.0 Å². The number of amides is 1. The van der Waals surface area contributed by atoms with Crippen molar-refractivity contribution in [3.8, 4) is 5.69 Å². The maximum absolute atomic E-state index is 13.2. The number of rotatable bonds is 6. The number of benzene rings is 2. The molecule has 35 heavy (non-hydrogen) atoms. The Hall–Kier alpha value is -3.61. The van der Waals surface area contributed by atoms with Gasteiger partial charge in [-0.2, -0.15) is 9.40 Å². The van der Waals surface area contributed by atoms with Crippen LogP contribution in [-0.4, -0.2) is 58.6 Å². The molecular formula is C23H25N5O6S. The smallest absolute Gasteiger partial charge is 0.269 e. The van der Waals surface area contributed by atoms with Gasteiger partial charge in [-0.25, -0.2) is 13.1 Å². The van der Waals surface area contributed by atoms with Crippen LogP contribution in [0.3, 0.4) is 0 Å². The van der Waals surface area contributed by atoms with E-state index in [1.54, 1.807) is 13.0 Å². The van der Waals surface area contributed by atoms with E-state index in [1.807, 2.05) is 13.8 Å². The van der Waals surface area contributed by atoms with Crippen LogP contribution in [0.15, 0.2) is 59.5 Å². The summed E-state index contributed by atoms with van der Waals surface area (Å²) < 4.78 is 34.9. The van der Waals surface area contributed by atoms with Crippen LogP contribution in [0.1, 0.15) is 29.9 Å². The molecule has 0 aliphatic carbocycles. The van der Waals surface area contributed by atoms with Crippen LogP contribution in [0, 0.1) is 17.0 Å². The monoisotopic (exact) mass is 499 g/mol. The molecule has 2 unspecified atom stereocenters. The van der Waals surface area contributed by atoms with Crippen molar-refractivity contribution >= 4 is 27.4 Å². The molecule has 3 aromatic rings. The third-order valence-electron chi connectivity index (χ3n) is 5.50. The Bertz CT molecular complexity index is 1360. The van der Waals surface area contributed by atoms with E-state index in [9.17, 15) is 23.3 Å². The van der Waals surface area contributed by atoms with E-state index in [0.717, 1.165) is 0 Å². The van der Waals surface area contributed by atoms with E-state index in [1.165, 1.54) is 57.5 Å². The summed E-state index contributed by atoms with van der Waals surface area (Å²) in [5.74, 6) is -0.181. The highest BCUT2D eigenvalue weighted by atomic mass is 32.2. The number of carbonyl (C=O) groups is 1. The van der Waals surface area contributed by atoms with Gasteiger partial charge in [0.15, 0.2) is 0 Å². The number of ether oxygens (including phenoxy) is 1. The molecule has 1 aliphatic rings. The molecule has 1 fully saturated rings. The number of hydrogen-bond acceptors (Lipinski definition) is 7. The molecule has 1 amide bonds. The lowest BCUT2D eigenvalue weighted by Crippen LogP contribution is -2.48. The van der Waals surface area contributed by atoms with Crippen LogP contribution in [-0.2, 0) is 14.8 Å². The molecule has 0 bridgehead atoms. The number of nitro groups is 1. The Labute approximate surface area is 202 Å². The number of aryl methyl sites for hydroxylation is 1. The number of morpholine rings is 1. The van der Waals surface area contributed by atoms with E-state index in [4.69, 9.17) is 4.74 Å². The second-order valence-electron chi connectivity index (χ2n) is 8.42. The van der Waals surface area contributed by atoms with Gasteiger partial charge in [-0.3, -0.25) is 14.9 Å². The summed E-state index contributed by atoms with van der Waals surface area (Å²) in [6.07, 6.45) is -0.467. The van der Waals surface area contributed by atoms with Gasteiger partial charge >= 0.3 is 0 Å². The van der Waals surface area contributed by atoms with Crippen molar-refractivity contribution in [3.63, 3.8) is 0 Å². The number of aromatic nitrogens is 2. The summed E-state index contributed by atoms with van der Waals surface area (Å²) >= 11 is 0. The first kappa shape index (κ1) is 24.5. The van der Waals surface area contributed by atoms with Gasteiger partial charge in [-0.1, -0.05) is 6.07 Å². The lowest BCUT2D eigenvalue weighted by Gasteiger charge is -2.34. The third-order valence-corrected chi connectivity index (χ3v) is 7.33. The molecule has 12 heteroatoms. The van der Waals surface area contributed by atoms with E-state index in [0.29, 0.717) is 17.2 Å². The molecule has 1 N–H and O–H groups in total. The summed E-state index contributed by atoms with van der Waals surface area (Å²) in [5, 5.41) is 18.0. The number of anilines is 1. The number of nitrogens with zero attached hydrogens (tertiary/aromatic N) is 4. The van der Waals surface area contributed by atoms with Gasteiger partial charge in [0.05, 0.1) is 33.4 Å². The average Bonchev–Trinajstić information content (AvgIpc) is 3.18. The molecule has 2 atom stereocenters. The van der Waals surface area contributed by atoms with Gasteiger partial charge in [0, 0.05) is 36.9 Å². The summed E-state index contributed by atoms with van der Waals surface area (Å²) in [4.78, 5) is 23.5. The van der Waals surface area contributed by atoms with E-state index in [2.05, 4.69) is 10.4 Å². The fourth-order valence-electron chi connectivity index (χ4n) is 3.96. The molecule has 11 nitrogen and oxygen atoms in total. The number of hydrogen-bond donors (Lipinski definition) is 1. The number of non-ortho nitro benzene ring substituents is 1. The highest BCUT2D eigenvalue weighted by Crippen LogP contribution is 2.24. The molecule has 0 spiro atoms. The molecule has 1 saturated heterocycles. The predicted molar refractivity (Wildman–Crippen MR) is 128 cm³/mol. The first-order chi connectivity index (χ1) is 16.5. The van der Waals surface area contributed by atoms with Crippen LogP contribution < -0.4 is 5.32 Å².